The molecule has 0 N–H and O–H groups in total. The molecule has 1 spiro atoms. The number of aryl methyl sites for hydroxylation is 1. The van der Waals surface area contributed by atoms with Crippen molar-refractivity contribution in [1.82, 2.24) is 0 Å². The summed E-state index contributed by atoms with van der Waals surface area (Å²) in [6.45, 7) is 2.25. The van der Waals surface area contributed by atoms with Crippen molar-refractivity contribution in [2.75, 3.05) is 4.90 Å². The standard InChI is InChI=1S/C33H25N/c1-2-23-20-21-26-25-14-6-7-15-27(25)33(30(26)22-23)28-16-8-10-18-31(28)34(24-12-4-3-5-13-24)32-19-11-9-17-29(32)33/h3-22H,2H2,1H3. The van der Waals surface area contributed by atoms with Crippen molar-refractivity contribution in [3.05, 3.63) is 149 Å². The largest absolute Gasteiger partial charge is 0.310 e. The molecule has 0 saturated heterocycles. The third-order valence-corrected chi connectivity index (χ3v) is 7.63. The Hall–Kier alpha value is -4.10. The summed E-state index contributed by atoms with van der Waals surface area (Å²) in [5.74, 6) is 0. The van der Waals surface area contributed by atoms with E-state index in [1.54, 1.807) is 0 Å². The highest BCUT2D eigenvalue weighted by Gasteiger charge is 2.51. The average molecular weight is 436 g/mol. The summed E-state index contributed by atoms with van der Waals surface area (Å²) in [7, 11) is 0. The number of hydrogen-bond donors (Lipinski definition) is 0. The lowest BCUT2D eigenvalue weighted by molar-refractivity contribution is 0.751. The highest BCUT2D eigenvalue weighted by Crippen LogP contribution is 2.63. The molecule has 0 unspecified atom stereocenters. The van der Waals surface area contributed by atoms with Crippen LogP contribution in [0.1, 0.15) is 34.7 Å². The van der Waals surface area contributed by atoms with Gasteiger partial charge in [0.2, 0.25) is 0 Å². The van der Waals surface area contributed by atoms with Crippen LogP contribution in [0.25, 0.3) is 11.1 Å². The molecule has 5 aromatic rings. The molecule has 0 fully saturated rings. The van der Waals surface area contributed by atoms with Crippen molar-refractivity contribution in [2.45, 2.75) is 18.8 Å². The molecular weight excluding hydrogens is 410 g/mol. The summed E-state index contributed by atoms with van der Waals surface area (Å²) >= 11 is 0. The Morgan fingerprint density at radius 3 is 1.76 bits per heavy atom. The molecule has 2 aliphatic rings. The Morgan fingerprint density at radius 1 is 0.529 bits per heavy atom. The molecule has 0 aromatic heterocycles. The maximum absolute atomic E-state index is 2.46. The van der Waals surface area contributed by atoms with Crippen LogP contribution in [0.4, 0.5) is 17.1 Å². The van der Waals surface area contributed by atoms with Crippen LogP contribution in [0, 0.1) is 0 Å². The van der Waals surface area contributed by atoms with E-state index < -0.39 is 0 Å². The van der Waals surface area contributed by atoms with E-state index in [1.807, 2.05) is 0 Å². The van der Waals surface area contributed by atoms with Gasteiger partial charge in [-0.1, -0.05) is 104 Å². The molecule has 1 aliphatic carbocycles. The minimum atomic E-state index is -0.338. The molecule has 1 aliphatic heterocycles. The van der Waals surface area contributed by atoms with Crippen LogP contribution in [0.2, 0.25) is 0 Å². The van der Waals surface area contributed by atoms with Gasteiger partial charge in [-0.2, -0.15) is 0 Å². The van der Waals surface area contributed by atoms with Crippen molar-refractivity contribution in [3.8, 4) is 11.1 Å². The van der Waals surface area contributed by atoms with E-state index in [2.05, 4.69) is 133 Å². The molecule has 5 aromatic carbocycles. The molecule has 7 rings (SSSR count). The van der Waals surface area contributed by atoms with E-state index in [0.717, 1.165) is 6.42 Å². The first-order chi connectivity index (χ1) is 16.8. The van der Waals surface area contributed by atoms with Gasteiger partial charge in [-0.3, -0.25) is 0 Å². The first kappa shape index (κ1) is 19.4. The molecule has 34 heavy (non-hydrogen) atoms. The first-order valence-corrected chi connectivity index (χ1v) is 12.1. The van der Waals surface area contributed by atoms with Crippen LogP contribution in [-0.4, -0.2) is 0 Å². The monoisotopic (exact) mass is 435 g/mol. The number of benzene rings is 5. The van der Waals surface area contributed by atoms with E-state index in [0.29, 0.717) is 0 Å². The van der Waals surface area contributed by atoms with Gasteiger partial charge in [0.05, 0.1) is 16.8 Å². The van der Waals surface area contributed by atoms with Gasteiger partial charge in [-0.15, -0.1) is 0 Å². The number of nitrogens with zero attached hydrogens (tertiary/aromatic N) is 1. The fourth-order valence-electron chi connectivity index (χ4n) is 6.23. The van der Waals surface area contributed by atoms with Crippen molar-refractivity contribution in [1.29, 1.82) is 0 Å². The SMILES string of the molecule is CCc1ccc2c(c1)C1(c3ccccc3-2)c2ccccc2N(c2ccccc2)c2ccccc21. The van der Waals surface area contributed by atoms with Crippen LogP contribution < -0.4 is 4.90 Å². The second-order valence-electron chi connectivity index (χ2n) is 9.23. The Kier molecular flexibility index (Phi) is 4.10. The van der Waals surface area contributed by atoms with E-state index in [-0.39, 0.29) is 5.41 Å². The van der Waals surface area contributed by atoms with Gasteiger partial charge in [0.15, 0.2) is 0 Å². The van der Waals surface area contributed by atoms with Crippen LogP contribution in [0.15, 0.2) is 121 Å². The third kappa shape index (κ3) is 2.39. The van der Waals surface area contributed by atoms with Crippen molar-refractivity contribution >= 4 is 17.1 Å². The number of para-hydroxylation sites is 3. The highest BCUT2D eigenvalue weighted by molar-refractivity contribution is 5.95. The molecular formula is C33H25N. The molecule has 162 valence electrons. The van der Waals surface area contributed by atoms with Crippen molar-refractivity contribution < 1.29 is 0 Å². The summed E-state index contributed by atoms with van der Waals surface area (Å²) in [4.78, 5) is 2.43. The summed E-state index contributed by atoms with van der Waals surface area (Å²) < 4.78 is 0. The van der Waals surface area contributed by atoms with Crippen LogP contribution in [-0.2, 0) is 11.8 Å². The van der Waals surface area contributed by atoms with Gasteiger partial charge in [0.25, 0.3) is 0 Å². The smallest absolute Gasteiger partial charge is 0.0754 e. The summed E-state index contributed by atoms with van der Waals surface area (Å²) in [6, 6.07) is 44.8. The molecule has 0 amide bonds. The lowest BCUT2D eigenvalue weighted by Crippen LogP contribution is -2.36. The fourth-order valence-corrected chi connectivity index (χ4v) is 6.23. The van der Waals surface area contributed by atoms with E-state index in [1.165, 1.54) is 56.0 Å². The summed E-state index contributed by atoms with van der Waals surface area (Å²) in [6.07, 6.45) is 1.03. The van der Waals surface area contributed by atoms with E-state index in [4.69, 9.17) is 0 Å². The Bertz CT molecular complexity index is 1500. The lowest BCUT2D eigenvalue weighted by atomic mass is 9.64. The zero-order valence-corrected chi connectivity index (χ0v) is 19.2. The maximum atomic E-state index is 2.46. The average Bonchev–Trinajstić information content (AvgIpc) is 3.20. The van der Waals surface area contributed by atoms with E-state index >= 15 is 0 Å². The van der Waals surface area contributed by atoms with Crippen LogP contribution >= 0.6 is 0 Å². The number of hydrogen-bond acceptors (Lipinski definition) is 1. The highest BCUT2D eigenvalue weighted by atomic mass is 15.2. The van der Waals surface area contributed by atoms with Gasteiger partial charge in [-0.05, 0) is 69.6 Å². The quantitative estimate of drug-likeness (QED) is 0.263. The molecule has 0 radical (unpaired) electrons. The Balaban J connectivity index is 1.66. The van der Waals surface area contributed by atoms with Crippen LogP contribution in [0.3, 0.4) is 0 Å². The molecule has 1 nitrogen and oxygen atoms in total. The zero-order valence-electron chi connectivity index (χ0n) is 19.2. The molecule has 0 saturated carbocycles. The minimum absolute atomic E-state index is 0.338. The first-order valence-electron chi connectivity index (χ1n) is 12.1. The molecule has 0 atom stereocenters. The number of anilines is 3. The summed E-state index contributed by atoms with van der Waals surface area (Å²) in [5.41, 5.74) is 12.9. The van der Waals surface area contributed by atoms with Gasteiger partial charge < -0.3 is 4.90 Å². The number of fused-ring (bicyclic) bond motifs is 9. The second kappa shape index (κ2) is 7.20. The second-order valence-corrected chi connectivity index (χ2v) is 9.23. The predicted molar refractivity (Wildman–Crippen MR) is 141 cm³/mol. The lowest BCUT2D eigenvalue weighted by Gasteiger charge is -2.45. The Labute approximate surface area is 201 Å². The molecule has 1 heteroatoms. The van der Waals surface area contributed by atoms with Crippen molar-refractivity contribution in [3.63, 3.8) is 0 Å². The minimum Gasteiger partial charge on any atom is -0.310 e. The van der Waals surface area contributed by atoms with Gasteiger partial charge in [0, 0.05) is 5.69 Å². The number of rotatable bonds is 2. The topological polar surface area (TPSA) is 3.24 Å². The Morgan fingerprint density at radius 2 is 1.09 bits per heavy atom. The molecule has 0 bridgehead atoms. The van der Waals surface area contributed by atoms with Gasteiger partial charge >= 0.3 is 0 Å². The fraction of sp³-hybridized carbons (Fsp3) is 0.0909. The van der Waals surface area contributed by atoms with Gasteiger partial charge in [-0.25, -0.2) is 0 Å². The van der Waals surface area contributed by atoms with E-state index in [9.17, 15) is 0 Å². The molecule has 1 heterocycles. The zero-order chi connectivity index (χ0) is 22.7. The predicted octanol–water partition coefficient (Wildman–Crippen LogP) is 8.40. The van der Waals surface area contributed by atoms with Crippen LogP contribution in [0.5, 0.6) is 0 Å². The maximum Gasteiger partial charge on any atom is 0.0754 e. The van der Waals surface area contributed by atoms with Crippen molar-refractivity contribution in [2.24, 2.45) is 0 Å². The third-order valence-electron chi connectivity index (χ3n) is 7.63. The normalized spacial score (nSPS) is 14.3. The summed E-state index contributed by atoms with van der Waals surface area (Å²) in [5, 5.41) is 0. The van der Waals surface area contributed by atoms with Gasteiger partial charge in [0.1, 0.15) is 0 Å².